The molecule has 0 amide bonds. The lowest BCUT2D eigenvalue weighted by Crippen LogP contribution is -2.13. The van der Waals surface area contributed by atoms with Crippen LogP contribution in [0.25, 0.3) is 0 Å². The van der Waals surface area contributed by atoms with Crippen LogP contribution in [-0.4, -0.2) is 19.9 Å². The van der Waals surface area contributed by atoms with Crippen LogP contribution in [0.4, 0.5) is 15.8 Å². The number of nitrogens with one attached hydrogen (secondary N) is 1. The first-order valence-electron chi connectivity index (χ1n) is 6.53. The predicted octanol–water partition coefficient (Wildman–Crippen LogP) is 2.93. The Balaban J connectivity index is 2.29. The zero-order valence-electron chi connectivity index (χ0n) is 12.0. The molecule has 0 heterocycles. The summed E-state index contributed by atoms with van der Waals surface area (Å²) < 4.78 is 45.3. The van der Waals surface area contributed by atoms with E-state index in [1.54, 1.807) is 6.92 Å². The summed E-state index contributed by atoms with van der Waals surface area (Å²) in [6.07, 6.45) is 0. The van der Waals surface area contributed by atoms with Crippen LogP contribution in [0.15, 0.2) is 47.4 Å². The molecule has 0 unspecified atom stereocenters. The number of hydrogen-bond acceptors (Lipinski definition) is 5. The topological polar surface area (TPSA) is 98.5 Å². The van der Waals surface area contributed by atoms with Crippen LogP contribution < -0.4 is 9.46 Å². The van der Waals surface area contributed by atoms with Crippen molar-refractivity contribution in [1.29, 1.82) is 0 Å². The number of nitro groups is 1. The number of ether oxygens (including phenoxy) is 1. The van der Waals surface area contributed by atoms with Crippen molar-refractivity contribution >= 4 is 21.4 Å². The number of rotatable bonds is 6. The van der Waals surface area contributed by atoms with Gasteiger partial charge in [0.2, 0.25) is 0 Å². The van der Waals surface area contributed by atoms with Crippen molar-refractivity contribution in [2.24, 2.45) is 0 Å². The van der Waals surface area contributed by atoms with Crippen molar-refractivity contribution < 1.29 is 22.5 Å². The second-order valence-electron chi connectivity index (χ2n) is 4.44. The normalized spacial score (nSPS) is 11.0. The maximum Gasteiger partial charge on any atom is 0.270 e. The van der Waals surface area contributed by atoms with Gasteiger partial charge in [0.25, 0.3) is 15.7 Å². The molecule has 0 aliphatic carbocycles. The summed E-state index contributed by atoms with van der Waals surface area (Å²) >= 11 is 0. The van der Waals surface area contributed by atoms with Crippen LogP contribution in [0.1, 0.15) is 6.92 Å². The number of nitro benzene ring substituents is 1. The molecule has 0 saturated heterocycles. The highest BCUT2D eigenvalue weighted by molar-refractivity contribution is 7.92. The quantitative estimate of drug-likeness (QED) is 0.644. The smallest absolute Gasteiger partial charge is 0.270 e. The molecule has 122 valence electrons. The molecule has 2 aromatic rings. The molecule has 0 radical (unpaired) electrons. The second-order valence-corrected chi connectivity index (χ2v) is 6.12. The Morgan fingerprint density at radius 3 is 2.61 bits per heavy atom. The lowest BCUT2D eigenvalue weighted by Gasteiger charge is -2.10. The maximum atomic E-state index is 13.7. The van der Waals surface area contributed by atoms with Crippen molar-refractivity contribution in [1.82, 2.24) is 0 Å². The van der Waals surface area contributed by atoms with Crippen molar-refractivity contribution in [3.05, 3.63) is 58.4 Å². The summed E-state index contributed by atoms with van der Waals surface area (Å²) in [6, 6.07) is 8.17. The largest absolute Gasteiger partial charge is 0.491 e. The van der Waals surface area contributed by atoms with Crippen LogP contribution in [0.2, 0.25) is 0 Å². The van der Waals surface area contributed by atoms with Crippen molar-refractivity contribution in [3.63, 3.8) is 0 Å². The lowest BCUT2D eigenvalue weighted by atomic mass is 10.3. The van der Waals surface area contributed by atoms with Crippen molar-refractivity contribution in [3.8, 4) is 5.75 Å². The van der Waals surface area contributed by atoms with Gasteiger partial charge in [0.15, 0.2) is 11.6 Å². The van der Waals surface area contributed by atoms with Gasteiger partial charge in [-0.05, 0) is 25.1 Å². The van der Waals surface area contributed by atoms with Gasteiger partial charge >= 0.3 is 0 Å². The fourth-order valence-electron chi connectivity index (χ4n) is 1.82. The molecule has 0 atom stereocenters. The molecule has 0 saturated carbocycles. The third-order valence-electron chi connectivity index (χ3n) is 2.82. The minimum Gasteiger partial charge on any atom is -0.491 e. The van der Waals surface area contributed by atoms with E-state index < -0.39 is 20.8 Å². The van der Waals surface area contributed by atoms with E-state index >= 15 is 0 Å². The molecule has 9 heteroatoms. The van der Waals surface area contributed by atoms with E-state index in [1.807, 2.05) is 0 Å². The first-order valence-corrected chi connectivity index (χ1v) is 8.01. The summed E-state index contributed by atoms with van der Waals surface area (Å²) in [4.78, 5) is 9.72. The zero-order valence-corrected chi connectivity index (χ0v) is 12.8. The second kappa shape index (κ2) is 6.61. The summed E-state index contributed by atoms with van der Waals surface area (Å²) in [5.74, 6) is -0.711. The molecule has 23 heavy (non-hydrogen) atoms. The SMILES string of the molecule is CCOc1ccc(NS(=O)(=O)c2cccc([N+](=O)[O-])c2)cc1F. The minimum atomic E-state index is -4.07. The molecule has 0 bridgehead atoms. The Hall–Kier alpha value is -2.68. The van der Waals surface area contributed by atoms with Crippen molar-refractivity contribution in [2.75, 3.05) is 11.3 Å². The Kier molecular flexibility index (Phi) is 4.80. The molecule has 0 spiro atoms. The Morgan fingerprint density at radius 1 is 1.26 bits per heavy atom. The Morgan fingerprint density at radius 2 is 2.00 bits per heavy atom. The molecular formula is C14H13FN2O5S. The van der Waals surface area contributed by atoms with Crippen molar-refractivity contribution in [2.45, 2.75) is 11.8 Å². The monoisotopic (exact) mass is 340 g/mol. The summed E-state index contributed by atoms with van der Waals surface area (Å²) in [5, 5.41) is 10.7. The fraction of sp³-hybridized carbons (Fsp3) is 0.143. The van der Waals surface area contributed by atoms with E-state index in [-0.39, 0.29) is 28.6 Å². The highest BCUT2D eigenvalue weighted by Gasteiger charge is 2.18. The average Bonchev–Trinajstić information content (AvgIpc) is 2.50. The number of non-ortho nitro benzene ring substituents is 1. The van der Waals surface area contributed by atoms with Gasteiger partial charge in [-0.3, -0.25) is 14.8 Å². The first kappa shape index (κ1) is 16.7. The molecule has 0 fully saturated rings. The van der Waals surface area contributed by atoms with Crippen LogP contribution >= 0.6 is 0 Å². The Labute approximate surface area is 131 Å². The highest BCUT2D eigenvalue weighted by Crippen LogP contribution is 2.24. The molecule has 2 rings (SSSR count). The third kappa shape index (κ3) is 3.95. The molecule has 2 aromatic carbocycles. The predicted molar refractivity (Wildman–Crippen MR) is 81.5 cm³/mol. The van der Waals surface area contributed by atoms with Crippen LogP contribution in [-0.2, 0) is 10.0 Å². The average molecular weight is 340 g/mol. The number of benzene rings is 2. The molecule has 1 N–H and O–H groups in total. The van der Waals surface area contributed by atoms with Gasteiger partial charge in [-0.25, -0.2) is 12.8 Å². The van der Waals surface area contributed by atoms with E-state index in [2.05, 4.69) is 4.72 Å². The summed E-state index contributed by atoms with van der Waals surface area (Å²) in [7, 11) is -4.07. The number of anilines is 1. The van der Waals surface area contributed by atoms with Gasteiger partial charge in [0.1, 0.15) is 0 Å². The van der Waals surface area contributed by atoms with E-state index in [0.29, 0.717) is 0 Å². The van der Waals surface area contributed by atoms with Gasteiger partial charge in [-0.15, -0.1) is 0 Å². The molecular weight excluding hydrogens is 327 g/mol. The van der Waals surface area contributed by atoms with Crippen LogP contribution in [0.3, 0.4) is 0 Å². The van der Waals surface area contributed by atoms with E-state index in [1.165, 1.54) is 30.3 Å². The first-order chi connectivity index (χ1) is 10.8. The third-order valence-corrected chi connectivity index (χ3v) is 4.20. The lowest BCUT2D eigenvalue weighted by molar-refractivity contribution is -0.385. The van der Waals surface area contributed by atoms with Gasteiger partial charge in [0.05, 0.1) is 22.1 Å². The zero-order chi connectivity index (χ0) is 17.0. The van der Waals surface area contributed by atoms with Crippen LogP contribution in [0, 0.1) is 15.9 Å². The minimum absolute atomic E-state index is 0.00537. The molecule has 7 nitrogen and oxygen atoms in total. The Bertz CT molecular complexity index is 839. The van der Waals surface area contributed by atoms with E-state index in [9.17, 15) is 22.9 Å². The summed E-state index contributed by atoms with van der Waals surface area (Å²) in [6.45, 7) is 1.97. The van der Waals surface area contributed by atoms with E-state index in [4.69, 9.17) is 4.74 Å². The number of hydrogen-bond donors (Lipinski definition) is 1. The fourth-order valence-corrected chi connectivity index (χ4v) is 2.90. The molecule has 0 aliphatic rings. The van der Waals surface area contributed by atoms with Gasteiger partial charge < -0.3 is 4.74 Å². The summed E-state index contributed by atoms with van der Waals surface area (Å²) in [5.41, 5.74) is -0.372. The molecule has 0 aliphatic heterocycles. The van der Waals surface area contributed by atoms with Gasteiger partial charge in [-0.1, -0.05) is 6.07 Å². The number of halogens is 1. The standard InChI is InChI=1S/C14H13FN2O5S/c1-2-22-14-7-6-10(8-13(14)15)16-23(20,21)12-5-3-4-11(9-12)17(18)19/h3-9,16H,2H2,1H3. The van der Waals surface area contributed by atoms with Crippen LogP contribution in [0.5, 0.6) is 5.75 Å². The number of sulfonamides is 1. The maximum absolute atomic E-state index is 13.7. The van der Waals surface area contributed by atoms with E-state index in [0.717, 1.165) is 12.1 Å². The molecule has 0 aromatic heterocycles. The van der Waals surface area contributed by atoms with Gasteiger partial charge in [-0.2, -0.15) is 0 Å². The van der Waals surface area contributed by atoms with Gasteiger partial charge in [0, 0.05) is 18.2 Å². The number of nitrogens with zero attached hydrogens (tertiary/aromatic N) is 1. The highest BCUT2D eigenvalue weighted by atomic mass is 32.2.